The van der Waals surface area contributed by atoms with Crippen LogP contribution in [0.3, 0.4) is 0 Å². The van der Waals surface area contributed by atoms with Crippen molar-refractivity contribution in [2.45, 2.75) is 19.4 Å². The molecule has 116 valence electrons. The Morgan fingerprint density at radius 1 is 1.32 bits per heavy atom. The summed E-state index contributed by atoms with van der Waals surface area (Å²) in [6.07, 6.45) is -0.271. The largest absolute Gasteiger partial charge is 0.481 e. The Kier molecular flexibility index (Phi) is 5.12. The SMILES string of the molecule is O=C(O)CCNC(=O)Cc1nnnn1Cc1ccccc1F. The summed E-state index contributed by atoms with van der Waals surface area (Å²) in [7, 11) is 0. The molecule has 0 fully saturated rings. The molecule has 2 rings (SSSR count). The first-order valence-corrected chi connectivity index (χ1v) is 6.53. The Hall–Kier alpha value is -2.84. The Balaban J connectivity index is 1.96. The topological polar surface area (TPSA) is 110 Å². The van der Waals surface area contributed by atoms with E-state index in [1.165, 1.54) is 10.7 Å². The molecule has 0 aliphatic carbocycles. The third kappa shape index (κ3) is 4.33. The predicted molar refractivity (Wildman–Crippen MR) is 72.3 cm³/mol. The summed E-state index contributed by atoms with van der Waals surface area (Å²) in [4.78, 5) is 22.0. The van der Waals surface area contributed by atoms with Crippen molar-refractivity contribution < 1.29 is 19.1 Å². The van der Waals surface area contributed by atoms with Gasteiger partial charge in [-0.15, -0.1) is 5.10 Å². The molecule has 1 aromatic carbocycles. The number of halogens is 1. The van der Waals surface area contributed by atoms with E-state index in [4.69, 9.17) is 5.11 Å². The molecule has 2 aromatic rings. The van der Waals surface area contributed by atoms with Gasteiger partial charge in [0.25, 0.3) is 0 Å². The quantitative estimate of drug-likeness (QED) is 0.744. The minimum absolute atomic E-state index is 0.0308. The van der Waals surface area contributed by atoms with Crippen LogP contribution in [0.15, 0.2) is 24.3 Å². The Labute approximate surface area is 124 Å². The van der Waals surface area contributed by atoms with Crippen LogP contribution in [0.25, 0.3) is 0 Å². The van der Waals surface area contributed by atoms with E-state index in [-0.39, 0.29) is 37.6 Å². The zero-order chi connectivity index (χ0) is 15.9. The van der Waals surface area contributed by atoms with Crippen LogP contribution in [0.5, 0.6) is 0 Å². The lowest BCUT2D eigenvalue weighted by Crippen LogP contribution is -2.28. The van der Waals surface area contributed by atoms with E-state index in [9.17, 15) is 14.0 Å². The lowest BCUT2D eigenvalue weighted by atomic mass is 10.2. The molecule has 0 bridgehead atoms. The van der Waals surface area contributed by atoms with Gasteiger partial charge in [-0.3, -0.25) is 9.59 Å². The number of nitrogens with one attached hydrogen (secondary N) is 1. The number of tetrazole rings is 1. The van der Waals surface area contributed by atoms with Crippen molar-refractivity contribution in [2.75, 3.05) is 6.54 Å². The number of rotatable bonds is 7. The number of nitrogens with zero attached hydrogens (tertiary/aromatic N) is 4. The highest BCUT2D eigenvalue weighted by molar-refractivity contribution is 5.78. The highest BCUT2D eigenvalue weighted by Gasteiger charge is 2.13. The second kappa shape index (κ2) is 7.25. The number of carboxylic acid groups (broad SMARTS) is 1. The maximum absolute atomic E-state index is 13.6. The zero-order valence-corrected chi connectivity index (χ0v) is 11.6. The minimum Gasteiger partial charge on any atom is -0.481 e. The van der Waals surface area contributed by atoms with Crippen molar-refractivity contribution in [3.05, 3.63) is 41.5 Å². The molecule has 0 atom stereocenters. The molecular weight excluding hydrogens is 293 g/mol. The fraction of sp³-hybridized carbons (Fsp3) is 0.308. The minimum atomic E-state index is -0.996. The molecule has 2 N–H and O–H groups in total. The van der Waals surface area contributed by atoms with Crippen molar-refractivity contribution in [1.29, 1.82) is 0 Å². The van der Waals surface area contributed by atoms with Crippen molar-refractivity contribution >= 4 is 11.9 Å². The van der Waals surface area contributed by atoms with Gasteiger partial charge in [0.15, 0.2) is 5.82 Å². The van der Waals surface area contributed by atoms with Gasteiger partial charge in [0.05, 0.1) is 19.4 Å². The number of hydrogen-bond donors (Lipinski definition) is 2. The van der Waals surface area contributed by atoms with Gasteiger partial charge in [-0.25, -0.2) is 9.07 Å². The molecule has 8 nitrogen and oxygen atoms in total. The Morgan fingerprint density at radius 2 is 2.09 bits per heavy atom. The summed E-state index contributed by atoms with van der Waals surface area (Å²) in [5, 5.41) is 21.9. The summed E-state index contributed by atoms with van der Waals surface area (Å²) in [6.45, 7) is 0.139. The van der Waals surface area contributed by atoms with E-state index >= 15 is 0 Å². The molecule has 0 aliphatic heterocycles. The monoisotopic (exact) mass is 307 g/mol. The van der Waals surface area contributed by atoms with Crippen LogP contribution in [-0.4, -0.2) is 43.7 Å². The lowest BCUT2D eigenvalue weighted by Gasteiger charge is -2.06. The van der Waals surface area contributed by atoms with Gasteiger partial charge in [-0.05, 0) is 16.5 Å². The van der Waals surface area contributed by atoms with Gasteiger partial charge in [-0.1, -0.05) is 18.2 Å². The molecule has 22 heavy (non-hydrogen) atoms. The molecule has 1 heterocycles. The number of aromatic nitrogens is 4. The third-order valence-corrected chi connectivity index (χ3v) is 2.86. The number of hydrogen-bond acceptors (Lipinski definition) is 5. The lowest BCUT2D eigenvalue weighted by molar-refractivity contribution is -0.136. The van der Waals surface area contributed by atoms with Crippen molar-refractivity contribution in [3.63, 3.8) is 0 Å². The molecule has 0 unspecified atom stereocenters. The van der Waals surface area contributed by atoms with E-state index in [0.717, 1.165) is 0 Å². The smallest absolute Gasteiger partial charge is 0.305 e. The number of aliphatic carboxylic acids is 1. The van der Waals surface area contributed by atoms with Crippen LogP contribution in [0, 0.1) is 5.82 Å². The van der Waals surface area contributed by atoms with Crippen LogP contribution in [0.4, 0.5) is 4.39 Å². The summed E-state index contributed by atoms with van der Waals surface area (Å²) in [5.41, 5.74) is 0.405. The first-order chi connectivity index (χ1) is 10.6. The maximum atomic E-state index is 13.6. The first-order valence-electron chi connectivity index (χ1n) is 6.53. The van der Waals surface area contributed by atoms with Crippen molar-refractivity contribution in [1.82, 2.24) is 25.5 Å². The van der Waals surface area contributed by atoms with Crippen LogP contribution in [0.1, 0.15) is 17.8 Å². The van der Waals surface area contributed by atoms with Crippen LogP contribution in [-0.2, 0) is 22.6 Å². The highest BCUT2D eigenvalue weighted by atomic mass is 19.1. The third-order valence-electron chi connectivity index (χ3n) is 2.86. The molecule has 0 spiro atoms. The van der Waals surface area contributed by atoms with E-state index in [2.05, 4.69) is 20.8 Å². The fourth-order valence-electron chi connectivity index (χ4n) is 1.78. The van der Waals surface area contributed by atoms with E-state index < -0.39 is 11.9 Å². The van der Waals surface area contributed by atoms with Gasteiger partial charge < -0.3 is 10.4 Å². The first kappa shape index (κ1) is 15.5. The second-order valence-corrected chi connectivity index (χ2v) is 4.51. The average molecular weight is 307 g/mol. The number of carbonyl (C=O) groups excluding carboxylic acids is 1. The Bertz CT molecular complexity index is 673. The number of benzene rings is 1. The molecule has 0 saturated heterocycles. The van der Waals surface area contributed by atoms with E-state index in [1.807, 2.05) is 0 Å². The molecule has 0 aliphatic rings. The van der Waals surface area contributed by atoms with E-state index in [1.54, 1.807) is 18.2 Å². The molecule has 9 heteroatoms. The molecule has 1 aromatic heterocycles. The van der Waals surface area contributed by atoms with Crippen molar-refractivity contribution in [3.8, 4) is 0 Å². The van der Waals surface area contributed by atoms with Gasteiger partial charge >= 0.3 is 5.97 Å². The van der Waals surface area contributed by atoms with Crippen LogP contribution in [0.2, 0.25) is 0 Å². The van der Waals surface area contributed by atoms with Crippen LogP contribution < -0.4 is 5.32 Å². The second-order valence-electron chi connectivity index (χ2n) is 4.51. The summed E-state index contributed by atoms with van der Waals surface area (Å²) < 4.78 is 14.9. The number of carboxylic acids is 1. The summed E-state index contributed by atoms with van der Waals surface area (Å²) in [6, 6.07) is 6.21. The van der Waals surface area contributed by atoms with Gasteiger partial charge in [0.2, 0.25) is 5.91 Å². The molecule has 0 radical (unpaired) electrons. The van der Waals surface area contributed by atoms with Gasteiger partial charge in [-0.2, -0.15) is 0 Å². The van der Waals surface area contributed by atoms with Gasteiger partial charge in [0, 0.05) is 12.1 Å². The highest BCUT2D eigenvalue weighted by Crippen LogP contribution is 2.08. The van der Waals surface area contributed by atoms with Crippen LogP contribution >= 0.6 is 0 Å². The molecule has 0 saturated carbocycles. The predicted octanol–water partition coefficient (Wildman–Crippen LogP) is -0.00610. The Morgan fingerprint density at radius 3 is 2.82 bits per heavy atom. The van der Waals surface area contributed by atoms with Gasteiger partial charge in [0.1, 0.15) is 5.82 Å². The normalized spacial score (nSPS) is 10.4. The maximum Gasteiger partial charge on any atom is 0.305 e. The van der Waals surface area contributed by atoms with Crippen molar-refractivity contribution in [2.24, 2.45) is 0 Å². The standard InChI is InChI=1S/C13H14FN5O3/c14-10-4-2-1-3-9(10)8-19-11(16-17-18-19)7-12(20)15-6-5-13(21)22/h1-4H,5-8H2,(H,15,20)(H,21,22). The fourth-order valence-corrected chi connectivity index (χ4v) is 1.78. The number of carbonyl (C=O) groups is 2. The number of amides is 1. The molecule has 1 amide bonds. The van der Waals surface area contributed by atoms with E-state index in [0.29, 0.717) is 5.56 Å². The zero-order valence-electron chi connectivity index (χ0n) is 11.6. The summed E-state index contributed by atoms with van der Waals surface area (Å²) in [5.74, 6) is -1.50. The molecular formula is C13H14FN5O3. The summed E-state index contributed by atoms with van der Waals surface area (Å²) >= 11 is 0. The average Bonchev–Trinajstić information content (AvgIpc) is 2.88.